The third-order valence-electron chi connectivity index (χ3n) is 3.37. The minimum absolute atomic E-state index is 0.0748. The van der Waals surface area contributed by atoms with Crippen molar-refractivity contribution in [3.8, 4) is 11.5 Å². The summed E-state index contributed by atoms with van der Waals surface area (Å²) < 4.78 is 34.0. The van der Waals surface area contributed by atoms with E-state index in [0.717, 1.165) is 11.3 Å². The number of carbonyl (C=O) groups is 1. The molecular formula is C18H19F2NO3. The summed E-state index contributed by atoms with van der Waals surface area (Å²) >= 11 is 0. The van der Waals surface area contributed by atoms with Gasteiger partial charge in [-0.3, -0.25) is 4.79 Å². The predicted octanol–water partition coefficient (Wildman–Crippen LogP) is 3.37. The molecule has 0 spiro atoms. The summed E-state index contributed by atoms with van der Waals surface area (Å²) in [5, 5.41) is 0. The van der Waals surface area contributed by atoms with Crippen molar-refractivity contribution < 1.29 is 23.0 Å². The van der Waals surface area contributed by atoms with Crippen molar-refractivity contribution in [1.82, 2.24) is 4.90 Å². The van der Waals surface area contributed by atoms with E-state index in [1.165, 1.54) is 12.1 Å². The van der Waals surface area contributed by atoms with Crippen LogP contribution in [0.25, 0.3) is 0 Å². The van der Waals surface area contributed by atoms with Crippen LogP contribution in [-0.2, 0) is 11.2 Å². The smallest absolute Gasteiger partial charge is 0.387 e. The third kappa shape index (κ3) is 5.87. The van der Waals surface area contributed by atoms with Crippen LogP contribution in [0.5, 0.6) is 11.5 Å². The summed E-state index contributed by atoms with van der Waals surface area (Å²) in [4.78, 5) is 13.7. The zero-order chi connectivity index (χ0) is 17.4. The maximum absolute atomic E-state index is 12.1. The number of alkyl halides is 2. The number of likely N-dealkylation sites (N-methyl/N-ethyl adjacent to an activating group) is 1. The van der Waals surface area contributed by atoms with E-state index in [4.69, 9.17) is 4.74 Å². The fraction of sp³-hybridized carbons (Fsp3) is 0.278. The Labute approximate surface area is 139 Å². The topological polar surface area (TPSA) is 38.8 Å². The molecule has 0 N–H and O–H groups in total. The number of rotatable bonds is 8. The molecule has 24 heavy (non-hydrogen) atoms. The lowest BCUT2D eigenvalue weighted by molar-refractivity contribution is -0.129. The molecule has 0 saturated carbocycles. The van der Waals surface area contributed by atoms with Gasteiger partial charge in [0.05, 0.1) is 13.0 Å². The zero-order valence-corrected chi connectivity index (χ0v) is 13.3. The molecule has 0 heterocycles. The molecule has 0 saturated heterocycles. The van der Waals surface area contributed by atoms with Crippen molar-refractivity contribution in [3.63, 3.8) is 0 Å². The third-order valence-corrected chi connectivity index (χ3v) is 3.37. The van der Waals surface area contributed by atoms with E-state index in [9.17, 15) is 13.6 Å². The lowest BCUT2D eigenvalue weighted by Crippen LogP contribution is -2.32. The largest absolute Gasteiger partial charge is 0.492 e. The van der Waals surface area contributed by atoms with Crippen molar-refractivity contribution in [3.05, 3.63) is 60.2 Å². The highest BCUT2D eigenvalue weighted by Crippen LogP contribution is 2.15. The van der Waals surface area contributed by atoms with Gasteiger partial charge in [0.1, 0.15) is 18.1 Å². The van der Waals surface area contributed by atoms with Crippen molar-refractivity contribution in [2.24, 2.45) is 0 Å². The molecule has 0 radical (unpaired) electrons. The Kier molecular flexibility index (Phi) is 6.54. The van der Waals surface area contributed by atoms with Gasteiger partial charge in [0.25, 0.3) is 0 Å². The first-order valence-corrected chi connectivity index (χ1v) is 7.50. The SMILES string of the molecule is CN(CCOc1ccccc1)C(=O)Cc1ccc(OC(F)F)cc1. The molecule has 6 heteroatoms. The average molecular weight is 335 g/mol. The van der Waals surface area contributed by atoms with Crippen LogP contribution in [0.1, 0.15) is 5.56 Å². The average Bonchev–Trinajstić information content (AvgIpc) is 2.57. The number of benzene rings is 2. The van der Waals surface area contributed by atoms with E-state index in [1.807, 2.05) is 30.3 Å². The Bertz CT molecular complexity index is 632. The molecule has 1 amide bonds. The van der Waals surface area contributed by atoms with Crippen molar-refractivity contribution in [2.45, 2.75) is 13.0 Å². The molecule has 0 unspecified atom stereocenters. The van der Waals surface area contributed by atoms with E-state index in [-0.39, 0.29) is 18.1 Å². The monoisotopic (exact) mass is 335 g/mol. The first-order valence-electron chi connectivity index (χ1n) is 7.50. The first kappa shape index (κ1) is 17.7. The van der Waals surface area contributed by atoms with E-state index in [0.29, 0.717) is 13.2 Å². The molecule has 0 bridgehead atoms. The van der Waals surface area contributed by atoms with Crippen molar-refractivity contribution in [1.29, 1.82) is 0 Å². The Hall–Kier alpha value is -2.63. The quantitative estimate of drug-likeness (QED) is 0.742. The number of nitrogens with zero attached hydrogens (tertiary/aromatic N) is 1. The lowest BCUT2D eigenvalue weighted by Gasteiger charge is -2.17. The number of halogens is 2. The molecule has 0 aliphatic rings. The van der Waals surface area contributed by atoms with E-state index < -0.39 is 6.61 Å². The van der Waals surface area contributed by atoms with Gasteiger partial charge in [-0.15, -0.1) is 0 Å². The highest BCUT2D eigenvalue weighted by Gasteiger charge is 2.10. The standard InChI is InChI=1S/C18H19F2NO3/c1-21(11-12-23-15-5-3-2-4-6-15)17(22)13-14-7-9-16(10-8-14)24-18(19)20/h2-10,18H,11-13H2,1H3. The highest BCUT2D eigenvalue weighted by atomic mass is 19.3. The number of hydrogen-bond acceptors (Lipinski definition) is 3. The number of para-hydroxylation sites is 1. The van der Waals surface area contributed by atoms with Gasteiger partial charge in [-0.2, -0.15) is 8.78 Å². The fourth-order valence-electron chi connectivity index (χ4n) is 2.04. The van der Waals surface area contributed by atoms with Crippen LogP contribution in [-0.4, -0.2) is 37.6 Å². The van der Waals surface area contributed by atoms with Gasteiger partial charge in [-0.25, -0.2) is 0 Å². The number of hydrogen-bond donors (Lipinski definition) is 0. The molecule has 0 aromatic heterocycles. The highest BCUT2D eigenvalue weighted by molar-refractivity contribution is 5.78. The lowest BCUT2D eigenvalue weighted by atomic mass is 10.1. The Balaban J connectivity index is 1.76. The molecule has 2 aromatic rings. The van der Waals surface area contributed by atoms with Crippen molar-refractivity contribution >= 4 is 5.91 Å². The normalized spacial score (nSPS) is 10.5. The maximum Gasteiger partial charge on any atom is 0.387 e. The minimum atomic E-state index is -2.85. The zero-order valence-electron chi connectivity index (χ0n) is 13.3. The number of carbonyl (C=O) groups excluding carboxylic acids is 1. The first-order chi connectivity index (χ1) is 11.5. The maximum atomic E-state index is 12.1. The summed E-state index contributed by atoms with van der Waals surface area (Å²) in [6, 6.07) is 15.4. The van der Waals surface area contributed by atoms with Crippen LogP contribution in [0.3, 0.4) is 0 Å². The summed E-state index contributed by atoms with van der Waals surface area (Å²) in [6.45, 7) is -2.00. The van der Waals surface area contributed by atoms with Gasteiger partial charge in [0.2, 0.25) is 5.91 Å². The van der Waals surface area contributed by atoms with Gasteiger partial charge >= 0.3 is 6.61 Å². The van der Waals surface area contributed by atoms with Crippen LogP contribution in [0.2, 0.25) is 0 Å². The minimum Gasteiger partial charge on any atom is -0.492 e. The summed E-state index contributed by atoms with van der Waals surface area (Å²) in [6.07, 6.45) is 0.191. The molecule has 2 rings (SSSR count). The van der Waals surface area contributed by atoms with Crippen LogP contribution in [0.4, 0.5) is 8.78 Å². The molecule has 128 valence electrons. The second-order valence-corrected chi connectivity index (χ2v) is 5.18. The molecule has 0 fully saturated rings. The van der Waals surface area contributed by atoms with Crippen LogP contribution in [0, 0.1) is 0 Å². The Morgan fingerprint density at radius 3 is 2.33 bits per heavy atom. The molecule has 4 nitrogen and oxygen atoms in total. The Morgan fingerprint density at radius 2 is 1.71 bits per heavy atom. The fourth-order valence-corrected chi connectivity index (χ4v) is 2.04. The predicted molar refractivity (Wildman–Crippen MR) is 86.4 cm³/mol. The van der Waals surface area contributed by atoms with Crippen molar-refractivity contribution in [2.75, 3.05) is 20.2 Å². The number of amides is 1. The van der Waals surface area contributed by atoms with Crippen LogP contribution >= 0.6 is 0 Å². The van der Waals surface area contributed by atoms with Crippen LogP contribution < -0.4 is 9.47 Å². The Morgan fingerprint density at radius 1 is 1.04 bits per heavy atom. The summed E-state index contributed by atoms with van der Waals surface area (Å²) in [5.74, 6) is 0.757. The van der Waals surface area contributed by atoms with E-state index >= 15 is 0 Å². The second kappa shape index (κ2) is 8.86. The van der Waals surface area contributed by atoms with E-state index in [2.05, 4.69) is 4.74 Å². The van der Waals surface area contributed by atoms with E-state index in [1.54, 1.807) is 24.1 Å². The number of ether oxygens (including phenoxy) is 2. The second-order valence-electron chi connectivity index (χ2n) is 5.18. The molecule has 0 aliphatic carbocycles. The van der Waals surface area contributed by atoms with Gasteiger partial charge in [0.15, 0.2) is 0 Å². The molecule has 2 aromatic carbocycles. The summed E-state index contributed by atoms with van der Waals surface area (Å²) in [7, 11) is 1.70. The van der Waals surface area contributed by atoms with Gasteiger partial charge in [-0.1, -0.05) is 30.3 Å². The molecule has 0 aliphatic heterocycles. The molecule has 0 atom stereocenters. The van der Waals surface area contributed by atoms with Gasteiger partial charge in [-0.05, 0) is 29.8 Å². The molecular weight excluding hydrogens is 316 g/mol. The van der Waals surface area contributed by atoms with Gasteiger partial charge < -0.3 is 14.4 Å². The summed E-state index contributed by atoms with van der Waals surface area (Å²) in [5.41, 5.74) is 0.734. The van der Waals surface area contributed by atoms with Crippen LogP contribution in [0.15, 0.2) is 54.6 Å². The van der Waals surface area contributed by atoms with Gasteiger partial charge in [0, 0.05) is 7.05 Å².